The van der Waals surface area contributed by atoms with Gasteiger partial charge in [-0.3, -0.25) is 24.7 Å². The van der Waals surface area contributed by atoms with E-state index in [4.69, 9.17) is 0 Å². The van der Waals surface area contributed by atoms with E-state index in [1.165, 1.54) is 36.8 Å². The number of pyridine rings is 2. The zero-order valence-electron chi connectivity index (χ0n) is 23.4. The summed E-state index contributed by atoms with van der Waals surface area (Å²) in [7, 11) is 1.91. The number of thioether (sulfide) groups is 1. The lowest BCUT2D eigenvalue weighted by Crippen LogP contribution is -2.48. The first kappa shape index (κ1) is 28.8. The molecule has 0 unspecified atom stereocenters. The number of hydrogen-bond acceptors (Lipinski definition) is 9. The van der Waals surface area contributed by atoms with Gasteiger partial charge in [-0.25, -0.2) is 14.8 Å². The van der Waals surface area contributed by atoms with Crippen LogP contribution >= 0.6 is 11.8 Å². The predicted octanol–water partition coefficient (Wildman–Crippen LogP) is 3.51. The molecule has 0 radical (unpaired) electrons. The fourth-order valence-electron chi connectivity index (χ4n) is 5.59. The third kappa shape index (κ3) is 6.97. The highest BCUT2D eigenvalue weighted by atomic mass is 32.2. The lowest BCUT2D eigenvalue weighted by molar-refractivity contribution is -0.136. The molecule has 4 heterocycles. The molecule has 216 valence electrons. The van der Waals surface area contributed by atoms with Crippen LogP contribution in [0.3, 0.4) is 0 Å². The molecule has 1 saturated heterocycles. The van der Waals surface area contributed by atoms with Crippen LogP contribution in [-0.4, -0.2) is 88.8 Å². The van der Waals surface area contributed by atoms with Crippen molar-refractivity contribution in [1.82, 2.24) is 19.8 Å². The predicted molar refractivity (Wildman–Crippen MR) is 159 cm³/mol. The Kier molecular flexibility index (Phi) is 9.36. The van der Waals surface area contributed by atoms with Crippen LogP contribution < -0.4 is 15.5 Å². The molecule has 2 N–H and O–H groups in total. The molecule has 0 atom stereocenters. The van der Waals surface area contributed by atoms with E-state index in [1.807, 2.05) is 29.8 Å². The molecular weight excluding hydrogens is 540 g/mol. The van der Waals surface area contributed by atoms with E-state index >= 15 is 0 Å². The number of aldehydes is 1. The van der Waals surface area contributed by atoms with E-state index in [-0.39, 0.29) is 11.6 Å². The Morgan fingerprint density at radius 3 is 2.80 bits per heavy atom. The minimum Gasteiger partial charge on any atom is -0.383 e. The van der Waals surface area contributed by atoms with E-state index in [1.54, 1.807) is 11.0 Å². The standard InChI is InChI=1S/C29H36N8O3S/c1-35-10-11-36(27(39)18-35)17-21-13-20-5-4-9-37(28(20)33-25(21)19-38)29(40)34-26-14-24(22(15-30)16-32-26)31-8-12-41-23-6-2-3-7-23/h13-14,16,19,23H,2-12,17-18H2,1H3,(H2,31,32,34,40). The number of rotatable bonds is 9. The molecule has 2 aliphatic heterocycles. The third-order valence-corrected chi connectivity index (χ3v) is 9.22. The Labute approximate surface area is 244 Å². The van der Waals surface area contributed by atoms with E-state index in [0.29, 0.717) is 67.5 Å². The highest BCUT2D eigenvalue weighted by Crippen LogP contribution is 2.30. The van der Waals surface area contributed by atoms with Gasteiger partial charge in [0.25, 0.3) is 0 Å². The Morgan fingerprint density at radius 1 is 1.22 bits per heavy atom. The number of carbonyl (C=O) groups excluding carboxylic acids is 3. The van der Waals surface area contributed by atoms with Gasteiger partial charge in [-0.15, -0.1) is 0 Å². The Balaban J connectivity index is 1.27. The fourth-order valence-corrected chi connectivity index (χ4v) is 6.81. The number of carbonyl (C=O) groups is 3. The van der Waals surface area contributed by atoms with Gasteiger partial charge >= 0.3 is 6.03 Å². The molecule has 0 aromatic carbocycles. The highest BCUT2D eigenvalue weighted by Gasteiger charge is 2.28. The van der Waals surface area contributed by atoms with Crippen LogP contribution in [0.1, 0.15) is 59.3 Å². The van der Waals surface area contributed by atoms with E-state index in [9.17, 15) is 19.6 Å². The molecule has 0 bridgehead atoms. The smallest absolute Gasteiger partial charge is 0.328 e. The number of nitrogens with one attached hydrogen (secondary N) is 2. The quantitative estimate of drug-likeness (QED) is 0.340. The van der Waals surface area contributed by atoms with E-state index in [2.05, 4.69) is 26.7 Å². The summed E-state index contributed by atoms with van der Waals surface area (Å²) in [5.74, 6) is 1.73. The van der Waals surface area contributed by atoms with Crippen LogP contribution in [-0.2, 0) is 17.8 Å². The summed E-state index contributed by atoms with van der Waals surface area (Å²) in [4.78, 5) is 52.0. The summed E-state index contributed by atoms with van der Waals surface area (Å²) in [6.07, 6.45) is 8.78. The maximum atomic E-state index is 13.4. The maximum absolute atomic E-state index is 13.4. The highest BCUT2D eigenvalue weighted by molar-refractivity contribution is 7.99. The number of likely N-dealkylation sites (N-methyl/N-ethyl adjacent to an activating group) is 1. The number of amides is 3. The summed E-state index contributed by atoms with van der Waals surface area (Å²) in [5, 5.41) is 16.4. The van der Waals surface area contributed by atoms with Gasteiger partial charge in [-0.1, -0.05) is 12.8 Å². The van der Waals surface area contributed by atoms with Gasteiger partial charge in [0, 0.05) is 61.6 Å². The van der Waals surface area contributed by atoms with Crippen molar-refractivity contribution in [2.75, 3.05) is 61.1 Å². The number of urea groups is 1. The first-order valence-electron chi connectivity index (χ1n) is 14.2. The van der Waals surface area contributed by atoms with Crippen molar-refractivity contribution in [2.45, 2.75) is 50.3 Å². The van der Waals surface area contributed by atoms with Gasteiger partial charge in [-0.05, 0) is 44.4 Å². The minimum absolute atomic E-state index is 0.0191. The van der Waals surface area contributed by atoms with Crippen molar-refractivity contribution in [3.05, 3.63) is 40.7 Å². The summed E-state index contributed by atoms with van der Waals surface area (Å²) in [6, 6.07) is 5.34. The van der Waals surface area contributed by atoms with Crippen LogP contribution in [0, 0.1) is 11.3 Å². The average molecular weight is 577 g/mol. The topological polar surface area (TPSA) is 135 Å². The number of anilines is 3. The molecule has 2 aromatic heterocycles. The van der Waals surface area contributed by atoms with Crippen molar-refractivity contribution in [1.29, 1.82) is 5.26 Å². The van der Waals surface area contributed by atoms with Crippen molar-refractivity contribution >= 4 is 47.3 Å². The largest absolute Gasteiger partial charge is 0.383 e. The first-order chi connectivity index (χ1) is 19.9. The normalized spacial score (nSPS) is 17.7. The fraction of sp³-hybridized carbons (Fsp3) is 0.517. The number of nitrogens with zero attached hydrogens (tertiary/aromatic N) is 6. The molecule has 41 heavy (non-hydrogen) atoms. The van der Waals surface area contributed by atoms with Gasteiger partial charge in [0.05, 0.1) is 17.8 Å². The Bertz CT molecular complexity index is 1340. The van der Waals surface area contributed by atoms with Crippen LogP contribution in [0.25, 0.3) is 0 Å². The van der Waals surface area contributed by atoms with Crippen LogP contribution in [0.5, 0.6) is 0 Å². The zero-order chi connectivity index (χ0) is 28.8. The van der Waals surface area contributed by atoms with Gasteiger partial charge < -0.3 is 10.2 Å². The van der Waals surface area contributed by atoms with Gasteiger partial charge in [0.15, 0.2) is 6.29 Å². The Morgan fingerprint density at radius 2 is 2.05 bits per heavy atom. The number of nitriles is 1. The molecule has 11 nitrogen and oxygen atoms in total. The van der Waals surface area contributed by atoms with Gasteiger partial charge in [0.1, 0.15) is 23.4 Å². The van der Waals surface area contributed by atoms with Crippen molar-refractivity contribution in [3.8, 4) is 6.07 Å². The lowest BCUT2D eigenvalue weighted by atomic mass is 10.0. The molecule has 2 aromatic rings. The molecule has 0 spiro atoms. The van der Waals surface area contributed by atoms with Crippen molar-refractivity contribution < 1.29 is 14.4 Å². The second-order valence-corrected chi connectivity index (χ2v) is 12.2. The summed E-state index contributed by atoms with van der Waals surface area (Å²) in [6.45, 7) is 3.19. The second kappa shape index (κ2) is 13.3. The number of piperazine rings is 1. The SMILES string of the molecule is CN1CCN(Cc2cc3c(nc2C=O)N(C(=O)Nc2cc(NCCSC4CCCC4)c(C#N)cn2)CCC3)C(=O)C1. The van der Waals surface area contributed by atoms with Crippen LogP contribution in [0.4, 0.5) is 22.1 Å². The third-order valence-electron chi connectivity index (χ3n) is 7.83. The summed E-state index contributed by atoms with van der Waals surface area (Å²) >= 11 is 1.97. The summed E-state index contributed by atoms with van der Waals surface area (Å²) < 4.78 is 0. The number of aromatic nitrogens is 2. The van der Waals surface area contributed by atoms with Gasteiger partial charge in [0.2, 0.25) is 5.91 Å². The first-order valence-corrected chi connectivity index (χ1v) is 15.3. The Hall–Kier alpha value is -3.69. The molecule has 2 fully saturated rings. The lowest BCUT2D eigenvalue weighted by Gasteiger charge is -2.33. The average Bonchev–Trinajstić information content (AvgIpc) is 3.50. The van der Waals surface area contributed by atoms with Crippen LogP contribution in [0.15, 0.2) is 18.3 Å². The monoisotopic (exact) mass is 576 g/mol. The number of fused-ring (bicyclic) bond motifs is 1. The molecule has 12 heteroatoms. The van der Waals surface area contributed by atoms with E-state index in [0.717, 1.165) is 36.0 Å². The van der Waals surface area contributed by atoms with Crippen LogP contribution in [0.2, 0.25) is 0 Å². The minimum atomic E-state index is -0.405. The molecular formula is C29H36N8O3S. The second-order valence-electron chi connectivity index (χ2n) is 10.8. The van der Waals surface area contributed by atoms with Crippen molar-refractivity contribution in [3.63, 3.8) is 0 Å². The van der Waals surface area contributed by atoms with Crippen molar-refractivity contribution in [2.24, 2.45) is 0 Å². The molecule has 1 saturated carbocycles. The maximum Gasteiger partial charge on any atom is 0.328 e. The summed E-state index contributed by atoms with van der Waals surface area (Å²) in [5.41, 5.74) is 2.83. The molecule has 3 aliphatic rings. The number of aryl methyl sites for hydroxylation is 1. The zero-order valence-corrected chi connectivity index (χ0v) is 24.2. The molecule has 5 rings (SSSR count). The number of hydrogen-bond donors (Lipinski definition) is 2. The van der Waals surface area contributed by atoms with Gasteiger partial charge in [-0.2, -0.15) is 17.0 Å². The molecule has 1 aliphatic carbocycles. The van der Waals surface area contributed by atoms with E-state index < -0.39 is 6.03 Å². The molecule has 3 amide bonds.